The molecule has 1 aromatic heterocycles. The third kappa shape index (κ3) is 7.13. The van der Waals surface area contributed by atoms with Gasteiger partial charge in [-0.1, -0.05) is 153 Å². The minimum Gasteiger partial charge on any atom is -0.388 e. The Morgan fingerprint density at radius 2 is 1.50 bits per heavy atom. The molecular weight excluding hydrogens is 655 g/mol. The highest BCUT2D eigenvalue weighted by Crippen LogP contribution is 2.37. The lowest BCUT2D eigenvalue weighted by molar-refractivity contribution is 1.10. The molecule has 0 aliphatic carbocycles. The average Bonchev–Trinajstić information content (AvgIpc) is 3.51. The first-order chi connectivity index (χ1) is 26.5. The number of nitrogens with zero attached hydrogens (tertiary/aromatic N) is 2. The van der Waals surface area contributed by atoms with Gasteiger partial charge in [0.1, 0.15) is 0 Å². The highest BCUT2D eigenvalue weighted by Gasteiger charge is 2.19. The van der Waals surface area contributed by atoms with Crippen molar-refractivity contribution in [2.24, 2.45) is 0 Å². The molecule has 1 aliphatic rings. The molecule has 3 heteroatoms. The second-order valence-electron chi connectivity index (χ2n) is 13.1. The number of hydrogen-bond acceptors (Lipinski definition) is 2. The Hall–Kier alpha value is -6.84. The van der Waals surface area contributed by atoms with Crippen LogP contribution in [0.15, 0.2) is 183 Å². The van der Waals surface area contributed by atoms with E-state index in [1.54, 1.807) is 6.08 Å². The topological polar surface area (TPSA) is 20.2 Å². The third-order valence-corrected chi connectivity index (χ3v) is 9.83. The third-order valence-electron chi connectivity index (χ3n) is 9.83. The summed E-state index contributed by atoms with van der Waals surface area (Å²) in [4.78, 5) is 2.32. The van der Waals surface area contributed by atoms with Crippen molar-refractivity contribution in [3.63, 3.8) is 0 Å². The van der Waals surface area contributed by atoms with Crippen LogP contribution in [-0.2, 0) is 0 Å². The van der Waals surface area contributed by atoms with Gasteiger partial charge >= 0.3 is 0 Å². The number of fused-ring (bicyclic) bond motifs is 4. The SMILES string of the molecule is C=C/C=C\C(=C/C)c1ccc(-c2cccc(N3/C=c4\c(c5ccccc5n4C(/C=C\C=C\c4ccccc4)=C/C)=C/C(=C)c4ccccc43)c2)cc1NC. The van der Waals surface area contributed by atoms with Gasteiger partial charge < -0.3 is 14.8 Å². The Labute approximate surface area is 319 Å². The fourth-order valence-electron chi connectivity index (χ4n) is 7.17. The molecule has 0 spiro atoms. The number of hydrogen-bond donors (Lipinski definition) is 1. The van der Waals surface area contributed by atoms with Gasteiger partial charge in [0.2, 0.25) is 0 Å². The van der Waals surface area contributed by atoms with Gasteiger partial charge in [-0.25, -0.2) is 0 Å². The zero-order valence-electron chi connectivity index (χ0n) is 31.2. The van der Waals surface area contributed by atoms with Gasteiger partial charge in [0.05, 0.1) is 16.6 Å². The van der Waals surface area contributed by atoms with Crippen LogP contribution >= 0.6 is 0 Å². The molecular formula is C51H45N3. The molecule has 0 radical (unpaired) electrons. The standard InChI is InChI=1S/C51H45N3/c1-6-9-23-39(7-2)45-32-31-41(35-48(45)52-5)40-24-19-26-43(34-40)53-36-51-47(33-37(4)44-27-15-17-29-49(44)53)46-28-16-18-30-50(46)54(51)42(8-3)25-14-13-22-38-20-11-10-12-21-38/h6-36,52H,1,4H2,2-3,5H3/b22-13+,23-9-,25-14-,39-7+,42-8+,47-33-,51-36+. The maximum atomic E-state index is 4.62. The Balaban J connectivity index is 1.40. The molecule has 0 saturated heterocycles. The van der Waals surface area contributed by atoms with E-state index in [0.717, 1.165) is 72.2 Å². The summed E-state index contributed by atoms with van der Waals surface area (Å²) in [6.07, 6.45) is 23.2. The van der Waals surface area contributed by atoms with E-state index in [4.69, 9.17) is 0 Å². The van der Waals surface area contributed by atoms with E-state index < -0.39 is 0 Å². The lowest BCUT2D eigenvalue weighted by Crippen LogP contribution is -2.33. The Morgan fingerprint density at radius 3 is 2.30 bits per heavy atom. The van der Waals surface area contributed by atoms with Crippen LogP contribution in [0, 0.1) is 0 Å². The van der Waals surface area contributed by atoms with Crippen molar-refractivity contribution in [2.45, 2.75) is 13.8 Å². The zero-order chi connectivity index (χ0) is 37.4. The summed E-state index contributed by atoms with van der Waals surface area (Å²) in [6.45, 7) is 12.6. The van der Waals surface area contributed by atoms with E-state index in [0.29, 0.717) is 0 Å². The van der Waals surface area contributed by atoms with Crippen molar-refractivity contribution in [1.82, 2.24) is 4.57 Å². The van der Waals surface area contributed by atoms with Crippen molar-refractivity contribution < 1.29 is 0 Å². The lowest BCUT2D eigenvalue weighted by Gasteiger charge is -2.26. The highest BCUT2D eigenvalue weighted by molar-refractivity contribution is 5.99. The summed E-state index contributed by atoms with van der Waals surface area (Å²) in [7, 11) is 1.98. The first-order valence-corrected chi connectivity index (χ1v) is 18.4. The molecule has 0 saturated carbocycles. The molecule has 7 rings (SSSR count). The summed E-state index contributed by atoms with van der Waals surface area (Å²) in [6, 6.07) is 43.0. The molecule has 0 unspecified atom stereocenters. The van der Waals surface area contributed by atoms with E-state index in [9.17, 15) is 0 Å². The summed E-state index contributed by atoms with van der Waals surface area (Å²) < 4.78 is 2.36. The maximum Gasteiger partial charge on any atom is 0.0707 e. The Kier molecular flexibility index (Phi) is 10.7. The second-order valence-corrected chi connectivity index (χ2v) is 13.1. The maximum absolute atomic E-state index is 4.62. The van der Waals surface area contributed by atoms with Gasteiger partial charge in [0, 0.05) is 52.1 Å². The molecule has 6 aromatic rings. The molecule has 1 aliphatic heterocycles. The summed E-state index contributed by atoms with van der Waals surface area (Å²) >= 11 is 0. The predicted octanol–water partition coefficient (Wildman–Crippen LogP) is 12.0. The fraction of sp³-hybridized carbons (Fsp3) is 0.0588. The predicted molar refractivity (Wildman–Crippen MR) is 237 cm³/mol. The fourth-order valence-corrected chi connectivity index (χ4v) is 7.17. The Bertz CT molecular complexity index is 2640. The molecule has 0 bridgehead atoms. The van der Waals surface area contributed by atoms with Crippen LogP contribution in [-0.4, -0.2) is 11.6 Å². The van der Waals surface area contributed by atoms with E-state index in [1.807, 2.05) is 19.2 Å². The first-order valence-electron chi connectivity index (χ1n) is 18.4. The van der Waals surface area contributed by atoms with Crippen LogP contribution in [0.3, 0.4) is 0 Å². The van der Waals surface area contributed by atoms with Crippen LogP contribution in [0.5, 0.6) is 0 Å². The smallest absolute Gasteiger partial charge is 0.0707 e. The molecule has 2 heterocycles. The van der Waals surface area contributed by atoms with Crippen molar-refractivity contribution in [3.8, 4) is 11.1 Å². The number of aromatic nitrogens is 1. The number of rotatable bonds is 10. The van der Waals surface area contributed by atoms with E-state index in [2.05, 4.69) is 212 Å². The van der Waals surface area contributed by atoms with Crippen molar-refractivity contribution >= 4 is 63.2 Å². The molecule has 0 atom stereocenters. The molecule has 3 nitrogen and oxygen atoms in total. The first kappa shape index (κ1) is 35.6. The van der Waals surface area contributed by atoms with Crippen LogP contribution in [0.2, 0.25) is 0 Å². The van der Waals surface area contributed by atoms with Crippen LogP contribution in [0.4, 0.5) is 17.1 Å². The Morgan fingerprint density at radius 1 is 0.722 bits per heavy atom. The zero-order valence-corrected chi connectivity index (χ0v) is 31.2. The van der Waals surface area contributed by atoms with Crippen LogP contribution in [0.25, 0.3) is 57.2 Å². The number of para-hydroxylation sites is 2. The number of allylic oxidation sites excluding steroid dienone is 11. The number of benzene rings is 5. The van der Waals surface area contributed by atoms with Crippen molar-refractivity contribution in [2.75, 3.05) is 17.3 Å². The normalized spacial score (nSPS) is 14.7. The van der Waals surface area contributed by atoms with Crippen molar-refractivity contribution in [1.29, 1.82) is 0 Å². The largest absolute Gasteiger partial charge is 0.388 e. The summed E-state index contributed by atoms with van der Waals surface area (Å²) in [5.41, 5.74) is 13.2. The van der Waals surface area contributed by atoms with Crippen molar-refractivity contribution in [3.05, 3.63) is 210 Å². The van der Waals surface area contributed by atoms with Gasteiger partial charge in [-0.05, 0) is 84.2 Å². The van der Waals surface area contributed by atoms with Gasteiger partial charge in [0.15, 0.2) is 0 Å². The van der Waals surface area contributed by atoms with Gasteiger partial charge in [0.25, 0.3) is 0 Å². The average molecular weight is 700 g/mol. The van der Waals surface area contributed by atoms with E-state index in [1.165, 1.54) is 10.9 Å². The quantitative estimate of drug-likeness (QED) is 0.144. The van der Waals surface area contributed by atoms with Crippen LogP contribution in [0.1, 0.15) is 30.5 Å². The molecule has 0 amide bonds. The monoisotopic (exact) mass is 699 g/mol. The lowest BCUT2D eigenvalue weighted by atomic mass is 9.97. The second kappa shape index (κ2) is 16.2. The molecule has 264 valence electrons. The van der Waals surface area contributed by atoms with Gasteiger partial charge in [-0.15, -0.1) is 0 Å². The molecule has 1 N–H and O–H groups in total. The van der Waals surface area contributed by atoms with Crippen LogP contribution < -0.4 is 20.8 Å². The van der Waals surface area contributed by atoms with Gasteiger partial charge in [-0.3, -0.25) is 0 Å². The van der Waals surface area contributed by atoms with E-state index >= 15 is 0 Å². The summed E-state index contributed by atoms with van der Waals surface area (Å²) in [5, 5.41) is 6.82. The molecule has 5 aromatic carbocycles. The van der Waals surface area contributed by atoms with E-state index in [-0.39, 0.29) is 0 Å². The summed E-state index contributed by atoms with van der Waals surface area (Å²) in [5.74, 6) is 0. The highest BCUT2D eigenvalue weighted by atomic mass is 15.1. The molecule has 54 heavy (non-hydrogen) atoms. The minimum atomic E-state index is 0.965. The number of anilines is 3. The molecule has 0 fully saturated rings. The van der Waals surface area contributed by atoms with Gasteiger partial charge in [-0.2, -0.15) is 0 Å². The minimum absolute atomic E-state index is 0.965. The number of nitrogens with one attached hydrogen (secondary N) is 1.